The van der Waals surface area contributed by atoms with Crippen molar-refractivity contribution >= 4 is 0 Å². The molecule has 0 fully saturated rings. The minimum atomic E-state index is 0.290. The molecule has 1 aromatic heterocycles. The van der Waals surface area contributed by atoms with Gasteiger partial charge in [0.1, 0.15) is 0 Å². The Morgan fingerprint density at radius 1 is 1.50 bits per heavy atom. The maximum atomic E-state index is 8.70. The molecule has 0 aliphatic heterocycles. The van der Waals surface area contributed by atoms with Gasteiger partial charge in [-0.3, -0.25) is 4.68 Å². The molecule has 0 saturated carbocycles. The van der Waals surface area contributed by atoms with Crippen molar-refractivity contribution in [1.29, 1.82) is 0 Å². The summed E-state index contributed by atoms with van der Waals surface area (Å²) in [6.45, 7) is 6.48. The second-order valence-corrected chi connectivity index (χ2v) is 4.36. The lowest BCUT2D eigenvalue weighted by molar-refractivity contribution is 0.276. The Labute approximate surface area is 97.7 Å². The number of nitrogens with zero attached hydrogens (tertiary/aromatic N) is 2. The molecule has 4 heteroatoms. The minimum Gasteiger partial charge on any atom is -0.396 e. The van der Waals surface area contributed by atoms with Crippen molar-refractivity contribution in [3.05, 3.63) is 18.0 Å². The highest BCUT2D eigenvalue weighted by Gasteiger charge is 2.00. The van der Waals surface area contributed by atoms with E-state index in [0.717, 1.165) is 32.4 Å². The van der Waals surface area contributed by atoms with Crippen LogP contribution >= 0.6 is 0 Å². The summed E-state index contributed by atoms with van der Waals surface area (Å²) in [5.41, 5.74) is 1.21. The van der Waals surface area contributed by atoms with Crippen LogP contribution in [-0.2, 0) is 6.54 Å². The quantitative estimate of drug-likeness (QED) is 0.656. The molecule has 1 rings (SSSR count). The third-order valence-corrected chi connectivity index (χ3v) is 2.61. The van der Waals surface area contributed by atoms with E-state index < -0.39 is 0 Å². The first kappa shape index (κ1) is 13.2. The standard InChI is InChI=1S/C12H23N3O/c1-11-9-14-15(10-11)7-4-6-13-12(2)5-3-8-16/h9-10,12-13,16H,3-8H2,1-2H3. The molecule has 0 aromatic carbocycles. The van der Waals surface area contributed by atoms with Crippen molar-refractivity contribution in [2.75, 3.05) is 13.2 Å². The third kappa shape index (κ3) is 5.28. The number of aromatic nitrogens is 2. The number of aliphatic hydroxyl groups excluding tert-OH is 1. The lowest BCUT2D eigenvalue weighted by Gasteiger charge is -2.12. The molecule has 1 unspecified atom stereocenters. The van der Waals surface area contributed by atoms with E-state index in [1.807, 2.05) is 10.9 Å². The molecule has 0 amide bonds. The summed E-state index contributed by atoms with van der Waals surface area (Å²) in [4.78, 5) is 0. The second-order valence-electron chi connectivity index (χ2n) is 4.36. The highest BCUT2D eigenvalue weighted by molar-refractivity contribution is 4.99. The fourth-order valence-corrected chi connectivity index (χ4v) is 1.68. The maximum absolute atomic E-state index is 8.70. The van der Waals surface area contributed by atoms with Crippen LogP contribution in [0.3, 0.4) is 0 Å². The first-order chi connectivity index (χ1) is 7.72. The lowest BCUT2D eigenvalue weighted by Crippen LogP contribution is -2.27. The fraction of sp³-hybridized carbons (Fsp3) is 0.750. The summed E-state index contributed by atoms with van der Waals surface area (Å²) in [6.07, 6.45) is 6.96. The van der Waals surface area contributed by atoms with Crippen LogP contribution in [0.5, 0.6) is 0 Å². The van der Waals surface area contributed by atoms with E-state index in [1.54, 1.807) is 0 Å². The highest BCUT2D eigenvalue weighted by Crippen LogP contribution is 1.97. The van der Waals surface area contributed by atoms with Crippen LogP contribution in [0.1, 0.15) is 31.7 Å². The number of hydrogen-bond donors (Lipinski definition) is 2. The molecular weight excluding hydrogens is 202 g/mol. The van der Waals surface area contributed by atoms with Gasteiger partial charge in [-0.2, -0.15) is 5.10 Å². The molecule has 0 aliphatic carbocycles. The summed E-state index contributed by atoms with van der Waals surface area (Å²) in [5.74, 6) is 0. The van der Waals surface area contributed by atoms with Gasteiger partial charge in [0.2, 0.25) is 0 Å². The SMILES string of the molecule is Cc1cnn(CCCNC(C)CCCO)c1. The lowest BCUT2D eigenvalue weighted by atomic mass is 10.2. The van der Waals surface area contributed by atoms with Crippen LogP contribution in [0.2, 0.25) is 0 Å². The molecule has 0 bridgehead atoms. The Balaban J connectivity index is 2.03. The van der Waals surface area contributed by atoms with Crippen LogP contribution in [0.4, 0.5) is 0 Å². The Hall–Kier alpha value is -0.870. The Morgan fingerprint density at radius 3 is 2.94 bits per heavy atom. The van der Waals surface area contributed by atoms with E-state index in [1.165, 1.54) is 5.56 Å². The van der Waals surface area contributed by atoms with Gasteiger partial charge in [-0.1, -0.05) is 0 Å². The summed E-state index contributed by atoms with van der Waals surface area (Å²) >= 11 is 0. The van der Waals surface area contributed by atoms with Crippen molar-refractivity contribution in [2.24, 2.45) is 0 Å². The summed E-state index contributed by atoms with van der Waals surface area (Å²) < 4.78 is 1.98. The summed E-state index contributed by atoms with van der Waals surface area (Å²) in [6, 6.07) is 0.492. The Kier molecular flexibility index (Phi) is 6.11. The van der Waals surface area contributed by atoms with Crippen LogP contribution < -0.4 is 5.32 Å². The van der Waals surface area contributed by atoms with Gasteiger partial charge in [0.05, 0.1) is 6.20 Å². The number of nitrogens with one attached hydrogen (secondary N) is 1. The van der Waals surface area contributed by atoms with E-state index in [-0.39, 0.29) is 0 Å². The molecule has 1 aromatic rings. The molecule has 2 N–H and O–H groups in total. The van der Waals surface area contributed by atoms with E-state index in [4.69, 9.17) is 5.11 Å². The van der Waals surface area contributed by atoms with Crippen molar-refractivity contribution in [3.8, 4) is 0 Å². The first-order valence-corrected chi connectivity index (χ1v) is 6.05. The molecule has 92 valence electrons. The van der Waals surface area contributed by atoms with Crippen molar-refractivity contribution in [1.82, 2.24) is 15.1 Å². The highest BCUT2D eigenvalue weighted by atomic mass is 16.2. The third-order valence-electron chi connectivity index (χ3n) is 2.61. The number of hydrogen-bond acceptors (Lipinski definition) is 3. The molecule has 4 nitrogen and oxygen atoms in total. The molecule has 0 aliphatic rings. The zero-order chi connectivity index (χ0) is 11.8. The Morgan fingerprint density at radius 2 is 2.31 bits per heavy atom. The van der Waals surface area contributed by atoms with E-state index >= 15 is 0 Å². The van der Waals surface area contributed by atoms with E-state index in [9.17, 15) is 0 Å². The van der Waals surface area contributed by atoms with E-state index in [2.05, 4.69) is 30.5 Å². The zero-order valence-corrected chi connectivity index (χ0v) is 10.3. The van der Waals surface area contributed by atoms with Crippen LogP contribution in [-0.4, -0.2) is 34.1 Å². The average Bonchev–Trinajstić information content (AvgIpc) is 2.67. The van der Waals surface area contributed by atoms with Gasteiger partial charge in [-0.25, -0.2) is 0 Å². The fourth-order valence-electron chi connectivity index (χ4n) is 1.68. The van der Waals surface area contributed by atoms with Gasteiger partial charge >= 0.3 is 0 Å². The molecule has 1 heterocycles. The van der Waals surface area contributed by atoms with Gasteiger partial charge in [0.25, 0.3) is 0 Å². The predicted molar refractivity (Wildman–Crippen MR) is 65.4 cm³/mol. The largest absolute Gasteiger partial charge is 0.396 e. The molecule has 0 radical (unpaired) electrons. The molecule has 0 saturated heterocycles. The van der Waals surface area contributed by atoms with Gasteiger partial charge in [0.15, 0.2) is 0 Å². The zero-order valence-electron chi connectivity index (χ0n) is 10.3. The van der Waals surface area contributed by atoms with Crippen LogP contribution in [0, 0.1) is 6.92 Å². The van der Waals surface area contributed by atoms with Gasteiger partial charge in [0, 0.05) is 25.4 Å². The average molecular weight is 225 g/mol. The maximum Gasteiger partial charge on any atom is 0.0518 e. The second kappa shape index (κ2) is 7.41. The topological polar surface area (TPSA) is 50.1 Å². The summed E-state index contributed by atoms with van der Waals surface area (Å²) in [5, 5.41) is 16.4. The summed E-state index contributed by atoms with van der Waals surface area (Å²) in [7, 11) is 0. The number of aliphatic hydroxyl groups is 1. The minimum absolute atomic E-state index is 0.290. The van der Waals surface area contributed by atoms with Gasteiger partial charge in [-0.05, 0) is 45.2 Å². The van der Waals surface area contributed by atoms with Gasteiger partial charge < -0.3 is 10.4 Å². The monoisotopic (exact) mass is 225 g/mol. The predicted octanol–water partition coefficient (Wildman–Crippen LogP) is 1.33. The molecule has 0 spiro atoms. The smallest absolute Gasteiger partial charge is 0.0518 e. The number of rotatable bonds is 8. The molecule has 1 atom stereocenters. The van der Waals surface area contributed by atoms with Crippen molar-refractivity contribution < 1.29 is 5.11 Å². The Bertz CT molecular complexity index is 286. The van der Waals surface area contributed by atoms with Gasteiger partial charge in [-0.15, -0.1) is 0 Å². The van der Waals surface area contributed by atoms with Crippen LogP contribution in [0.15, 0.2) is 12.4 Å². The van der Waals surface area contributed by atoms with Crippen molar-refractivity contribution in [3.63, 3.8) is 0 Å². The normalized spacial score (nSPS) is 12.9. The van der Waals surface area contributed by atoms with E-state index in [0.29, 0.717) is 12.6 Å². The molecule has 16 heavy (non-hydrogen) atoms. The molecular formula is C12H23N3O. The van der Waals surface area contributed by atoms with Crippen molar-refractivity contribution in [2.45, 2.75) is 45.7 Å². The number of aryl methyl sites for hydroxylation is 2. The van der Waals surface area contributed by atoms with Crippen LogP contribution in [0.25, 0.3) is 0 Å². The first-order valence-electron chi connectivity index (χ1n) is 6.05.